The Hall–Kier alpha value is -1.55. The Labute approximate surface area is 82.6 Å². The first-order chi connectivity index (χ1) is 6.75. The van der Waals surface area contributed by atoms with Gasteiger partial charge in [0.2, 0.25) is 0 Å². The van der Waals surface area contributed by atoms with Crippen molar-refractivity contribution < 1.29 is 14.3 Å². The molecule has 2 N–H and O–H groups in total. The molecule has 0 spiro atoms. The predicted octanol–water partition coefficient (Wildman–Crippen LogP) is 1.16. The molecule has 0 heterocycles. The Bertz CT molecular complexity index is 312. The van der Waals surface area contributed by atoms with Gasteiger partial charge in [-0.05, 0) is 19.1 Å². The minimum Gasteiger partial charge on any atom is -0.467 e. The summed E-state index contributed by atoms with van der Waals surface area (Å²) < 4.78 is 10.2. The van der Waals surface area contributed by atoms with Gasteiger partial charge >= 0.3 is 0 Å². The van der Waals surface area contributed by atoms with Crippen molar-refractivity contribution in [3.05, 3.63) is 29.8 Å². The van der Waals surface area contributed by atoms with Crippen LogP contribution in [0.15, 0.2) is 24.3 Å². The Morgan fingerprint density at radius 1 is 1.43 bits per heavy atom. The molecule has 0 bridgehead atoms. The van der Waals surface area contributed by atoms with E-state index in [1.54, 1.807) is 24.3 Å². The van der Waals surface area contributed by atoms with Crippen molar-refractivity contribution in [3.8, 4) is 5.75 Å². The van der Waals surface area contributed by atoms with E-state index in [2.05, 4.69) is 0 Å². The highest BCUT2D eigenvalue weighted by Crippen LogP contribution is 2.16. The van der Waals surface area contributed by atoms with Crippen LogP contribution in [0.1, 0.15) is 17.3 Å². The maximum absolute atomic E-state index is 11.0. The molecule has 0 unspecified atom stereocenters. The Morgan fingerprint density at radius 3 is 2.79 bits per heavy atom. The van der Waals surface area contributed by atoms with Gasteiger partial charge < -0.3 is 15.2 Å². The zero-order valence-electron chi connectivity index (χ0n) is 8.03. The molecule has 4 heteroatoms. The molecular formula is C10H13NO3. The van der Waals surface area contributed by atoms with E-state index in [9.17, 15) is 4.79 Å². The molecule has 1 aromatic carbocycles. The van der Waals surface area contributed by atoms with E-state index in [0.717, 1.165) is 0 Å². The molecule has 0 aliphatic heterocycles. The average molecular weight is 195 g/mol. The number of rotatable bonds is 5. The van der Waals surface area contributed by atoms with Gasteiger partial charge in [0.25, 0.3) is 5.91 Å². The summed E-state index contributed by atoms with van der Waals surface area (Å²) in [5.74, 6) is -0.0504. The van der Waals surface area contributed by atoms with Crippen LogP contribution in [0.5, 0.6) is 5.75 Å². The van der Waals surface area contributed by atoms with Gasteiger partial charge in [-0.2, -0.15) is 0 Å². The molecule has 1 aromatic rings. The van der Waals surface area contributed by atoms with E-state index in [0.29, 0.717) is 17.9 Å². The second-order valence-corrected chi connectivity index (χ2v) is 2.62. The molecule has 14 heavy (non-hydrogen) atoms. The van der Waals surface area contributed by atoms with Crippen molar-refractivity contribution in [3.63, 3.8) is 0 Å². The van der Waals surface area contributed by atoms with Crippen molar-refractivity contribution >= 4 is 5.91 Å². The molecule has 0 fully saturated rings. The molecule has 0 saturated heterocycles. The van der Waals surface area contributed by atoms with Gasteiger partial charge in [0, 0.05) is 6.61 Å². The third kappa shape index (κ3) is 2.74. The highest BCUT2D eigenvalue weighted by molar-refractivity contribution is 5.95. The maximum atomic E-state index is 11.0. The van der Waals surface area contributed by atoms with Gasteiger partial charge in [-0.25, -0.2) is 0 Å². The van der Waals surface area contributed by atoms with E-state index in [1.165, 1.54) is 0 Å². The fourth-order valence-electron chi connectivity index (χ4n) is 0.985. The summed E-state index contributed by atoms with van der Waals surface area (Å²) in [7, 11) is 0. The van der Waals surface area contributed by atoms with Crippen LogP contribution < -0.4 is 10.5 Å². The van der Waals surface area contributed by atoms with Crippen LogP contribution in [0, 0.1) is 0 Å². The zero-order valence-corrected chi connectivity index (χ0v) is 8.03. The van der Waals surface area contributed by atoms with E-state index in [1.807, 2.05) is 6.92 Å². The number of nitrogens with two attached hydrogens (primary N) is 1. The van der Waals surface area contributed by atoms with E-state index < -0.39 is 5.91 Å². The Kier molecular flexibility index (Phi) is 3.94. The number of hydrogen-bond donors (Lipinski definition) is 1. The van der Waals surface area contributed by atoms with Crippen LogP contribution in [0.4, 0.5) is 0 Å². The number of amides is 1. The summed E-state index contributed by atoms with van der Waals surface area (Å²) in [4.78, 5) is 11.0. The largest absolute Gasteiger partial charge is 0.467 e. The molecular weight excluding hydrogens is 182 g/mol. The minimum absolute atomic E-state index is 0.126. The molecule has 4 nitrogen and oxygen atoms in total. The number of hydrogen-bond acceptors (Lipinski definition) is 3. The van der Waals surface area contributed by atoms with Gasteiger partial charge in [-0.3, -0.25) is 4.79 Å². The second-order valence-electron chi connectivity index (χ2n) is 2.62. The van der Waals surface area contributed by atoms with Crippen molar-refractivity contribution in [2.45, 2.75) is 6.92 Å². The lowest BCUT2D eigenvalue weighted by atomic mass is 10.2. The van der Waals surface area contributed by atoms with E-state index >= 15 is 0 Å². The van der Waals surface area contributed by atoms with Gasteiger partial charge in [0.15, 0.2) is 6.79 Å². The highest BCUT2D eigenvalue weighted by Gasteiger charge is 2.07. The van der Waals surface area contributed by atoms with Crippen LogP contribution in [0.3, 0.4) is 0 Å². The number of para-hydroxylation sites is 1. The first kappa shape index (κ1) is 10.5. The number of carbonyl (C=O) groups excluding carboxylic acids is 1. The van der Waals surface area contributed by atoms with Gasteiger partial charge in [0.1, 0.15) is 5.75 Å². The quantitative estimate of drug-likeness (QED) is 0.566. The highest BCUT2D eigenvalue weighted by atomic mass is 16.7. The van der Waals surface area contributed by atoms with Crippen LogP contribution in [-0.2, 0) is 4.74 Å². The first-order valence-corrected chi connectivity index (χ1v) is 4.35. The number of benzene rings is 1. The summed E-state index contributed by atoms with van der Waals surface area (Å²) >= 11 is 0. The second kappa shape index (κ2) is 5.24. The van der Waals surface area contributed by atoms with Crippen molar-refractivity contribution in [1.29, 1.82) is 0 Å². The molecule has 0 saturated carbocycles. The van der Waals surface area contributed by atoms with E-state index in [-0.39, 0.29) is 6.79 Å². The van der Waals surface area contributed by atoms with Crippen molar-refractivity contribution in [2.75, 3.05) is 13.4 Å². The Morgan fingerprint density at radius 2 is 2.14 bits per heavy atom. The third-order valence-corrected chi connectivity index (χ3v) is 1.65. The van der Waals surface area contributed by atoms with Crippen LogP contribution in [0.25, 0.3) is 0 Å². The Balaban J connectivity index is 2.69. The molecule has 0 radical (unpaired) electrons. The van der Waals surface area contributed by atoms with Gasteiger partial charge in [0.05, 0.1) is 5.56 Å². The predicted molar refractivity (Wildman–Crippen MR) is 52.1 cm³/mol. The SMILES string of the molecule is CCOCOc1ccccc1C(N)=O. The molecule has 0 aromatic heterocycles. The van der Waals surface area contributed by atoms with Crippen LogP contribution >= 0.6 is 0 Å². The smallest absolute Gasteiger partial charge is 0.252 e. The molecule has 0 atom stereocenters. The van der Waals surface area contributed by atoms with Gasteiger partial charge in [-0.1, -0.05) is 12.1 Å². The van der Waals surface area contributed by atoms with Crippen LogP contribution in [-0.4, -0.2) is 19.3 Å². The molecule has 0 aliphatic carbocycles. The lowest BCUT2D eigenvalue weighted by Gasteiger charge is -2.08. The minimum atomic E-state index is -0.503. The summed E-state index contributed by atoms with van der Waals surface area (Å²) in [6.07, 6.45) is 0. The lowest BCUT2D eigenvalue weighted by Crippen LogP contribution is -2.13. The third-order valence-electron chi connectivity index (χ3n) is 1.65. The number of primary amides is 1. The number of ether oxygens (including phenoxy) is 2. The average Bonchev–Trinajstić information content (AvgIpc) is 2.19. The zero-order chi connectivity index (χ0) is 10.4. The maximum Gasteiger partial charge on any atom is 0.252 e. The standard InChI is InChI=1S/C10H13NO3/c1-2-13-7-14-9-6-4-3-5-8(9)10(11)12/h3-6H,2,7H2,1H3,(H2,11,12). The lowest BCUT2D eigenvalue weighted by molar-refractivity contribution is 0.0219. The molecule has 1 rings (SSSR count). The summed E-state index contributed by atoms with van der Waals surface area (Å²) in [5.41, 5.74) is 5.53. The summed E-state index contributed by atoms with van der Waals surface area (Å²) in [6.45, 7) is 2.56. The fourth-order valence-corrected chi connectivity index (χ4v) is 0.985. The van der Waals surface area contributed by atoms with Crippen LogP contribution in [0.2, 0.25) is 0 Å². The normalized spacial score (nSPS) is 9.79. The fraction of sp³-hybridized carbons (Fsp3) is 0.300. The summed E-state index contributed by atoms with van der Waals surface area (Å²) in [5, 5.41) is 0. The summed E-state index contributed by atoms with van der Waals surface area (Å²) in [6, 6.07) is 6.80. The molecule has 1 amide bonds. The van der Waals surface area contributed by atoms with Gasteiger partial charge in [-0.15, -0.1) is 0 Å². The topological polar surface area (TPSA) is 61.6 Å². The number of carbonyl (C=O) groups is 1. The van der Waals surface area contributed by atoms with Crippen molar-refractivity contribution in [2.24, 2.45) is 5.73 Å². The van der Waals surface area contributed by atoms with Crippen molar-refractivity contribution in [1.82, 2.24) is 0 Å². The van der Waals surface area contributed by atoms with E-state index in [4.69, 9.17) is 15.2 Å². The first-order valence-electron chi connectivity index (χ1n) is 4.35. The molecule has 0 aliphatic rings. The monoisotopic (exact) mass is 195 g/mol. The molecule has 76 valence electrons.